The average molecular weight is 267 g/mol. The molecule has 1 aromatic heterocycles. The lowest BCUT2D eigenvalue weighted by molar-refractivity contribution is 0.0597. The summed E-state index contributed by atoms with van der Waals surface area (Å²) in [5.74, 6) is -1.77. The van der Waals surface area contributed by atoms with Gasteiger partial charge in [0, 0.05) is 12.3 Å². The van der Waals surface area contributed by atoms with E-state index >= 15 is 0 Å². The normalized spacial score (nSPS) is 10.3. The van der Waals surface area contributed by atoms with Gasteiger partial charge in [-0.2, -0.15) is 0 Å². The number of hydrogen-bond donors (Lipinski definition) is 0. The van der Waals surface area contributed by atoms with Gasteiger partial charge < -0.3 is 14.0 Å². The second kappa shape index (κ2) is 5.09. The van der Waals surface area contributed by atoms with E-state index in [1.165, 1.54) is 37.2 Å². The standard InChI is InChI=1S/C13H11F2NO3/c1-18-12-7-16(6-9(12)13(17)19-2)11-4-3-8(14)5-10(11)15/h3-7H,1-2H3. The van der Waals surface area contributed by atoms with Gasteiger partial charge in [-0.25, -0.2) is 13.6 Å². The number of rotatable bonds is 3. The first-order chi connectivity index (χ1) is 9.06. The summed E-state index contributed by atoms with van der Waals surface area (Å²) in [6.45, 7) is 0. The van der Waals surface area contributed by atoms with Crippen molar-refractivity contribution in [3.8, 4) is 11.4 Å². The molecule has 6 heteroatoms. The Labute approximate surface area is 108 Å². The zero-order valence-corrected chi connectivity index (χ0v) is 10.3. The van der Waals surface area contributed by atoms with Crippen LogP contribution in [0, 0.1) is 11.6 Å². The minimum absolute atomic E-state index is 0.106. The second-order valence-electron chi connectivity index (χ2n) is 3.73. The first-order valence-electron chi connectivity index (χ1n) is 5.36. The summed E-state index contributed by atoms with van der Waals surface area (Å²) in [7, 11) is 2.62. The van der Waals surface area contributed by atoms with Gasteiger partial charge in [-0.15, -0.1) is 0 Å². The first kappa shape index (κ1) is 13.1. The van der Waals surface area contributed by atoms with E-state index in [0.717, 1.165) is 12.1 Å². The molecule has 1 heterocycles. The molecule has 0 unspecified atom stereocenters. The highest BCUT2D eigenvalue weighted by atomic mass is 19.1. The molecule has 0 aliphatic rings. The number of nitrogens with zero attached hydrogens (tertiary/aromatic N) is 1. The van der Waals surface area contributed by atoms with Crippen molar-refractivity contribution in [3.63, 3.8) is 0 Å². The largest absolute Gasteiger partial charge is 0.494 e. The average Bonchev–Trinajstić information content (AvgIpc) is 2.81. The van der Waals surface area contributed by atoms with Crippen molar-refractivity contribution in [2.75, 3.05) is 14.2 Å². The monoisotopic (exact) mass is 267 g/mol. The van der Waals surface area contributed by atoms with Gasteiger partial charge in [0.05, 0.1) is 26.1 Å². The maximum absolute atomic E-state index is 13.6. The summed E-state index contributed by atoms with van der Waals surface area (Å²) in [5.41, 5.74) is 0.267. The highest BCUT2D eigenvalue weighted by Gasteiger charge is 2.17. The summed E-state index contributed by atoms with van der Waals surface area (Å²) in [6, 6.07) is 3.16. The van der Waals surface area contributed by atoms with E-state index in [1.807, 2.05) is 0 Å². The molecule has 0 bridgehead atoms. The van der Waals surface area contributed by atoms with Gasteiger partial charge in [-0.05, 0) is 12.1 Å². The van der Waals surface area contributed by atoms with Crippen molar-refractivity contribution in [1.82, 2.24) is 4.57 Å². The minimum Gasteiger partial charge on any atom is -0.494 e. The molecular formula is C13H11F2NO3. The number of halogens is 2. The Bertz CT molecular complexity index is 622. The van der Waals surface area contributed by atoms with E-state index in [-0.39, 0.29) is 17.0 Å². The predicted octanol–water partition coefficient (Wildman–Crippen LogP) is 2.55. The molecule has 2 rings (SSSR count). The predicted molar refractivity (Wildman–Crippen MR) is 63.6 cm³/mol. The number of methoxy groups -OCH3 is 2. The summed E-state index contributed by atoms with van der Waals surface area (Å²) in [6.07, 6.45) is 2.78. The van der Waals surface area contributed by atoms with Crippen molar-refractivity contribution in [2.45, 2.75) is 0 Å². The molecule has 100 valence electrons. The van der Waals surface area contributed by atoms with Gasteiger partial charge in [0.15, 0.2) is 5.75 Å². The highest BCUT2D eigenvalue weighted by molar-refractivity contribution is 5.92. The fourth-order valence-electron chi connectivity index (χ4n) is 1.69. The molecule has 19 heavy (non-hydrogen) atoms. The van der Waals surface area contributed by atoms with E-state index < -0.39 is 17.6 Å². The lowest BCUT2D eigenvalue weighted by Crippen LogP contribution is -2.01. The zero-order valence-electron chi connectivity index (χ0n) is 10.3. The van der Waals surface area contributed by atoms with Crippen molar-refractivity contribution in [3.05, 3.63) is 47.8 Å². The van der Waals surface area contributed by atoms with Gasteiger partial charge in [0.1, 0.15) is 17.2 Å². The van der Waals surface area contributed by atoms with Crippen LogP contribution >= 0.6 is 0 Å². The van der Waals surface area contributed by atoms with Crippen LogP contribution in [0.2, 0.25) is 0 Å². The Hall–Kier alpha value is -2.37. The van der Waals surface area contributed by atoms with Crippen LogP contribution in [0.15, 0.2) is 30.6 Å². The first-order valence-corrected chi connectivity index (χ1v) is 5.36. The number of aromatic nitrogens is 1. The Morgan fingerprint density at radius 3 is 2.53 bits per heavy atom. The lowest BCUT2D eigenvalue weighted by Gasteiger charge is -2.03. The van der Waals surface area contributed by atoms with Gasteiger partial charge in [-0.1, -0.05) is 0 Å². The molecule has 0 fully saturated rings. The number of hydrogen-bond acceptors (Lipinski definition) is 3. The van der Waals surface area contributed by atoms with E-state index in [0.29, 0.717) is 0 Å². The third-order valence-electron chi connectivity index (χ3n) is 2.60. The summed E-state index contributed by atoms with van der Waals surface area (Å²) >= 11 is 0. The topological polar surface area (TPSA) is 40.5 Å². The van der Waals surface area contributed by atoms with Gasteiger partial charge in [0.2, 0.25) is 0 Å². The van der Waals surface area contributed by atoms with Crippen LogP contribution in [0.5, 0.6) is 5.75 Å². The fourth-order valence-corrected chi connectivity index (χ4v) is 1.69. The summed E-state index contributed by atoms with van der Waals surface area (Å²) in [4.78, 5) is 11.5. The van der Waals surface area contributed by atoms with Crippen LogP contribution in [-0.2, 0) is 4.74 Å². The molecule has 0 spiro atoms. The molecule has 0 amide bonds. The maximum atomic E-state index is 13.6. The minimum atomic E-state index is -0.742. The van der Waals surface area contributed by atoms with Crippen molar-refractivity contribution < 1.29 is 23.0 Å². The molecule has 0 atom stereocenters. The fraction of sp³-hybridized carbons (Fsp3) is 0.154. The number of ether oxygens (including phenoxy) is 2. The van der Waals surface area contributed by atoms with Crippen LogP contribution in [0.3, 0.4) is 0 Å². The van der Waals surface area contributed by atoms with Gasteiger partial charge in [-0.3, -0.25) is 0 Å². The maximum Gasteiger partial charge on any atom is 0.343 e. The SMILES string of the molecule is COC(=O)c1cn(-c2ccc(F)cc2F)cc1OC. The van der Waals surface area contributed by atoms with Crippen LogP contribution in [-0.4, -0.2) is 24.8 Å². The molecule has 0 aliphatic heterocycles. The van der Waals surface area contributed by atoms with Crippen LogP contribution < -0.4 is 4.74 Å². The highest BCUT2D eigenvalue weighted by Crippen LogP contribution is 2.24. The lowest BCUT2D eigenvalue weighted by atomic mass is 10.3. The van der Waals surface area contributed by atoms with E-state index in [4.69, 9.17) is 4.74 Å². The molecule has 4 nitrogen and oxygen atoms in total. The van der Waals surface area contributed by atoms with E-state index in [2.05, 4.69) is 4.74 Å². The molecule has 0 saturated carbocycles. The molecule has 0 N–H and O–H groups in total. The molecule has 0 saturated heterocycles. The van der Waals surface area contributed by atoms with Crippen molar-refractivity contribution in [1.29, 1.82) is 0 Å². The van der Waals surface area contributed by atoms with Gasteiger partial charge in [0.25, 0.3) is 0 Å². The third kappa shape index (κ3) is 2.42. The number of carbonyl (C=O) groups excluding carboxylic acids is 1. The van der Waals surface area contributed by atoms with E-state index in [1.54, 1.807) is 0 Å². The Kier molecular flexibility index (Phi) is 3.50. The number of carbonyl (C=O) groups is 1. The Balaban J connectivity index is 2.51. The smallest absolute Gasteiger partial charge is 0.343 e. The number of benzene rings is 1. The Morgan fingerprint density at radius 2 is 1.95 bits per heavy atom. The number of esters is 1. The Morgan fingerprint density at radius 1 is 1.21 bits per heavy atom. The zero-order chi connectivity index (χ0) is 14.0. The summed E-state index contributed by atoms with van der Waals surface area (Å²) < 4.78 is 37.4. The van der Waals surface area contributed by atoms with Crippen LogP contribution in [0.1, 0.15) is 10.4 Å². The van der Waals surface area contributed by atoms with Crippen molar-refractivity contribution in [2.24, 2.45) is 0 Å². The third-order valence-corrected chi connectivity index (χ3v) is 2.60. The molecule has 0 aliphatic carbocycles. The van der Waals surface area contributed by atoms with Crippen LogP contribution in [0.4, 0.5) is 8.78 Å². The second-order valence-corrected chi connectivity index (χ2v) is 3.73. The van der Waals surface area contributed by atoms with Gasteiger partial charge >= 0.3 is 5.97 Å². The quantitative estimate of drug-likeness (QED) is 0.802. The summed E-state index contributed by atoms with van der Waals surface area (Å²) in [5, 5.41) is 0. The molecule has 2 aromatic rings. The van der Waals surface area contributed by atoms with Crippen LogP contribution in [0.25, 0.3) is 5.69 Å². The molecule has 1 aromatic carbocycles. The van der Waals surface area contributed by atoms with E-state index in [9.17, 15) is 13.6 Å². The van der Waals surface area contributed by atoms with Crippen molar-refractivity contribution >= 4 is 5.97 Å². The molecular weight excluding hydrogens is 256 g/mol. The molecule has 0 radical (unpaired) electrons.